The van der Waals surface area contributed by atoms with Gasteiger partial charge in [0.05, 0.1) is 0 Å². The maximum Gasteiger partial charge on any atom is 0.254 e. The zero-order valence-corrected chi connectivity index (χ0v) is 5.56. The summed E-state index contributed by atoms with van der Waals surface area (Å²) in [4.78, 5) is 0. The predicted octanol–water partition coefficient (Wildman–Crippen LogP) is 1.27. The molecule has 0 aliphatic heterocycles. The molecule has 0 spiro atoms. The van der Waals surface area contributed by atoms with Crippen molar-refractivity contribution in [1.29, 1.82) is 0 Å². The van der Waals surface area contributed by atoms with Gasteiger partial charge in [-0.3, -0.25) is 0 Å². The standard InChI is InChI=1S/C7H10F2O/c8-7(9)5-1-4(3-10)2-6(5)7/h4-6,10H,1-3H2/t5-,6-/m1/s1. The lowest BCUT2D eigenvalue weighted by Gasteiger charge is -2.09. The molecular weight excluding hydrogens is 138 g/mol. The summed E-state index contributed by atoms with van der Waals surface area (Å²) < 4.78 is 24.9. The minimum atomic E-state index is -2.37. The minimum absolute atomic E-state index is 0.0864. The Morgan fingerprint density at radius 3 is 2.20 bits per heavy atom. The molecule has 2 fully saturated rings. The van der Waals surface area contributed by atoms with Gasteiger partial charge in [-0.2, -0.15) is 0 Å². The molecule has 0 radical (unpaired) electrons. The second kappa shape index (κ2) is 1.70. The van der Waals surface area contributed by atoms with Crippen molar-refractivity contribution < 1.29 is 13.9 Å². The van der Waals surface area contributed by atoms with Gasteiger partial charge in [0.25, 0.3) is 5.92 Å². The molecule has 0 unspecified atom stereocenters. The van der Waals surface area contributed by atoms with E-state index in [1.807, 2.05) is 0 Å². The Morgan fingerprint density at radius 1 is 1.30 bits per heavy atom. The first kappa shape index (κ1) is 6.53. The van der Waals surface area contributed by atoms with E-state index >= 15 is 0 Å². The molecule has 2 aliphatic carbocycles. The third kappa shape index (κ3) is 0.641. The summed E-state index contributed by atoms with van der Waals surface area (Å²) in [5.74, 6) is -2.98. The number of halogens is 2. The van der Waals surface area contributed by atoms with E-state index in [2.05, 4.69) is 0 Å². The lowest BCUT2D eigenvalue weighted by molar-refractivity contribution is 0.0563. The van der Waals surface area contributed by atoms with Crippen LogP contribution in [0, 0.1) is 17.8 Å². The third-order valence-corrected chi connectivity index (χ3v) is 2.80. The van der Waals surface area contributed by atoms with Gasteiger partial charge in [0.15, 0.2) is 0 Å². The van der Waals surface area contributed by atoms with E-state index in [1.165, 1.54) is 0 Å². The average Bonchev–Trinajstić information content (AvgIpc) is 2.37. The van der Waals surface area contributed by atoms with Gasteiger partial charge in [0, 0.05) is 18.4 Å². The highest BCUT2D eigenvalue weighted by Gasteiger charge is 2.71. The molecule has 0 aromatic heterocycles. The fraction of sp³-hybridized carbons (Fsp3) is 1.00. The highest BCUT2D eigenvalue weighted by molar-refractivity contribution is 5.10. The van der Waals surface area contributed by atoms with Crippen molar-refractivity contribution in [3.05, 3.63) is 0 Å². The molecule has 3 heteroatoms. The Labute approximate surface area is 58.0 Å². The monoisotopic (exact) mass is 148 g/mol. The van der Waals surface area contributed by atoms with Crippen molar-refractivity contribution in [1.82, 2.24) is 0 Å². The van der Waals surface area contributed by atoms with Gasteiger partial charge < -0.3 is 5.11 Å². The van der Waals surface area contributed by atoms with Gasteiger partial charge in [-0.15, -0.1) is 0 Å². The lowest BCUT2D eigenvalue weighted by Crippen LogP contribution is -2.10. The van der Waals surface area contributed by atoms with Crippen molar-refractivity contribution in [3.63, 3.8) is 0 Å². The second-order valence-corrected chi connectivity index (χ2v) is 3.41. The van der Waals surface area contributed by atoms with E-state index in [1.54, 1.807) is 0 Å². The smallest absolute Gasteiger partial charge is 0.254 e. The Kier molecular flexibility index (Phi) is 1.11. The van der Waals surface area contributed by atoms with Crippen LogP contribution in [0.4, 0.5) is 8.78 Å². The maximum absolute atomic E-state index is 12.5. The molecule has 0 heterocycles. The van der Waals surface area contributed by atoms with E-state index in [4.69, 9.17) is 5.11 Å². The number of alkyl halides is 2. The second-order valence-electron chi connectivity index (χ2n) is 3.41. The zero-order chi connectivity index (χ0) is 7.35. The third-order valence-electron chi connectivity index (χ3n) is 2.80. The lowest BCUT2D eigenvalue weighted by atomic mass is 10.0. The molecule has 0 saturated heterocycles. The van der Waals surface area contributed by atoms with Gasteiger partial charge in [-0.05, 0) is 18.8 Å². The van der Waals surface area contributed by atoms with E-state index in [0.717, 1.165) is 0 Å². The van der Waals surface area contributed by atoms with Crippen LogP contribution in [0.2, 0.25) is 0 Å². The van der Waals surface area contributed by atoms with Crippen molar-refractivity contribution in [3.8, 4) is 0 Å². The van der Waals surface area contributed by atoms with Crippen LogP contribution in [-0.4, -0.2) is 17.6 Å². The van der Waals surface area contributed by atoms with Crippen LogP contribution in [0.1, 0.15) is 12.8 Å². The molecule has 0 amide bonds. The summed E-state index contributed by atoms with van der Waals surface area (Å²) in [5, 5.41) is 8.63. The van der Waals surface area contributed by atoms with Crippen LogP contribution in [0.15, 0.2) is 0 Å². The average molecular weight is 148 g/mol. The molecule has 0 bridgehead atoms. The van der Waals surface area contributed by atoms with Crippen LogP contribution in [-0.2, 0) is 0 Å². The quantitative estimate of drug-likeness (QED) is 0.593. The first-order valence-electron chi connectivity index (χ1n) is 3.65. The number of aliphatic hydroxyl groups is 1. The van der Waals surface area contributed by atoms with Crippen molar-refractivity contribution in [2.24, 2.45) is 17.8 Å². The van der Waals surface area contributed by atoms with E-state index < -0.39 is 5.92 Å². The molecule has 2 atom stereocenters. The number of rotatable bonds is 1. The molecule has 0 aromatic rings. The first-order chi connectivity index (χ1) is 4.66. The van der Waals surface area contributed by atoms with E-state index in [0.29, 0.717) is 12.8 Å². The molecule has 2 saturated carbocycles. The number of hydrogen-bond acceptors (Lipinski definition) is 1. The normalized spacial score (nSPS) is 43.5. The van der Waals surface area contributed by atoms with Crippen LogP contribution in [0.3, 0.4) is 0 Å². The summed E-state index contributed by atoms with van der Waals surface area (Å²) in [7, 11) is 0. The Morgan fingerprint density at radius 2 is 1.80 bits per heavy atom. The molecule has 10 heavy (non-hydrogen) atoms. The molecule has 2 aliphatic rings. The van der Waals surface area contributed by atoms with Gasteiger partial charge in [-0.1, -0.05) is 0 Å². The van der Waals surface area contributed by atoms with E-state index in [-0.39, 0.29) is 24.4 Å². The Balaban J connectivity index is 1.96. The van der Waals surface area contributed by atoms with Gasteiger partial charge >= 0.3 is 0 Å². The summed E-state index contributed by atoms with van der Waals surface area (Å²) in [5.41, 5.74) is 0. The number of aliphatic hydroxyl groups excluding tert-OH is 1. The van der Waals surface area contributed by atoms with Crippen molar-refractivity contribution >= 4 is 0 Å². The molecule has 0 aromatic carbocycles. The van der Waals surface area contributed by atoms with Crippen LogP contribution in [0.25, 0.3) is 0 Å². The summed E-state index contributed by atoms with van der Waals surface area (Å²) >= 11 is 0. The molecule has 58 valence electrons. The fourth-order valence-electron chi connectivity index (χ4n) is 2.07. The molecule has 1 nitrogen and oxygen atoms in total. The SMILES string of the molecule is OCC1C[C@@H]2[C@@H](C1)C2(F)F. The fourth-order valence-corrected chi connectivity index (χ4v) is 2.07. The van der Waals surface area contributed by atoms with E-state index in [9.17, 15) is 8.78 Å². The molecular formula is C7H10F2O. The zero-order valence-electron chi connectivity index (χ0n) is 5.56. The highest BCUT2D eigenvalue weighted by atomic mass is 19.3. The van der Waals surface area contributed by atoms with Crippen molar-refractivity contribution in [2.45, 2.75) is 18.8 Å². The van der Waals surface area contributed by atoms with Crippen LogP contribution < -0.4 is 0 Å². The molecule has 2 rings (SSSR count). The maximum atomic E-state index is 12.5. The Bertz CT molecular complexity index is 144. The highest BCUT2D eigenvalue weighted by Crippen LogP contribution is 2.65. The minimum Gasteiger partial charge on any atom is -0.396 e. The van der Waals surface area contributed by atoms with Crippen LogP contribution >= 0.6 is 0 Å². The summed E-state index contributed by atoms with van der Waals surface area (Å²) in [6.07, 6.45) is 1.07. The predicted molar refractivity (Wildman–Crippen MR) is 31.7 cm³/mol. The van der Waals surface area contributed by atoms with Crippen molar-refractivity contribution in [2.75, 3.05) is 6.61 Å². The number of fused-ring (bicyclic) bond motifs is 1. The summed E-state index contributed by atoms with van der Waals surface area (Å²) in [6.45, 7) is 0.0864. The van der Waals surface area contributed by atoms with Gasteiger partial charge in [-0.25, -0.2) is 8.78 Å². The number of hydrogen-bond donors (Lipinski definition) is 1. The largest absolute Gasteiger partial charge is 0.396 e. The Hall–Kier alpha value is -0.180. The van der Waals surface area contributed by atoms with Crippen LogP contribution in [0.5, 0.6) is 0 Å². The summed E-state index contributed by atoms with van der Waals surface area (Å²) in [6, 6.07) is 0. The first-order valence-corrected chi connectivity index (χ1v) is 3.65. The van der Waals surface area contributed by atoms with Gasteiger partial charge in [0.1, 0.15) is 0 Å². The van der Waals surface area contributed by atoms with Gasteiger partial charge in [0.2, 0.25) is 0 Å². The molecule has 1 N–H and O–H groups in total. The topological polar surface area (TPSA) is 20.2 Å².